The minimum absolute atomic E-state index is 0.0229. The molecule has 0 atom stereocenters. The van der Waals surface area contributed by atoms with Crippen molar-refractivity contribution in [3.63, 3.8) is 0 Å². The summed E-state index contributed by atoms with van der Waals surface area (Å²) in [5.74, 6) is -0.479. The normalized spacial score (nSPS) is 11.5. The summed E-state index contributed by atoms with van der Waals surface area (Å²) in [6.45, 7) is 5.66. The van der Waals surface area contributed by atoms with Crippen LogP contribution < -0.4 is 0 Å². The van der Waals surface area contributed by atoms with Crippen molar-refractivity contribution in [3.8, 4) is 0 Å². The van der Waals surface area contributed by atoms with Gasteiger partial charge in [-0.15, -0.1) is 0 Å². The van der Waals surface area contributed by atoms with E-state index in [1.807, 2.05) is 20.8 Å². The largest absolute Gasteiger partial charge is 0.368 e. The molecule has 0 heterocycles. The van der Waals surface area contributed by atoms with E-state index in [-0.39, 0.29) is 23.8 Å². The highest BCUT2D eigenvalue weighted by molar-refractivity contribution is 5.97. The fraction of sp³-hybridized carbons (Fsp3) is 0.417. The summed E-state index contributed by atoms with van der Waals surface area (Å²) in [6, 6.07) is 5.46. The Labute approximate surface area is 89.1 Å². The standard InChI is InChI=1S/C12H15FO2/c1-12(2,3)15-8-11(14)9-4-6-10(13)7-5-9/h4-7H,8H2,1-3H3. The molecule has 0 amide bonds. The van der Waals surface area contributed by atoms with Crippen molar-refractivity contribution in [3.05, 3.63) is 35.6 Å². The predicted octanol–water partition coefficient (Wildman–Crippen LogP) is 2.82. The fourth-order valence-corrected chi connectivity index (χ4v) is 1.00. The van der Waals surface area contributed by atoms with Gasteiger partial charge < -0.3 is 4.74 Å². The van der Waals surface area contributed by atoms with Gasteiger partial charge in [-0.05, 0) is 45.0 Å². The van der Waals surface area contributed by atoms with E-state index in [1.165, 1.54) is 24.3 Å². The molecule has 2 nitrogen and oxygen atoms in total. The Balaban J connectivity index is 2.58. The molecule has 0 unspecified atom stereocenters. The van der Waals surface area contributed by atoms with Crippen LogP contribution in [0.15, 0.2) is 24.3 Å². The Hall–Kier alpha value is -1.22. The first-order chi connectivity index (χ1) is 6.88. The monoisotopic (exact) mass is 210 g/mol. The smallest absolute Gasteiger partial charge is 0.188 e. The third-order valence-electron chi connectivity index (χ3n) is 1.80. The lowest BCUT2D eigenvalue weighted by atomic mass is 10.1. The molecule has 1 rings (SSSR count). The fourth-order valence-electron chi connectivity index (χ4n) is 1.00. The number of benzene rings is 1. The SMILES string of the molecule is CC(C)(C)OCC(=O)c1ccc(F)cc1. The van der Waals surface area contributed by atoms with Crippen LogP contribution in [0.3, 0.4) is 0 Å². The summed E-state index contributed by atoms with van der Waals surface area (Å²) in [6.07, 6.45) is 0. The van der Waals surface area contributed by atoms with E-state index in [9.17, 15) is 9.18 Å². The van der Waals surface area contributed by atoms with Gasteiger partial charge in [0.1, 0.15) is 12.4 Å². The number of hydrogen-bond donors (Lipinski definition) is 0. The molecule has 0 aromatic heterocycles. The van der Waals surface area contributed by atoms with Gasteiger partial charge in [0.15, 0.2) is 5.78 Å². The second-order valence-corrected chi connectivity index (χ2v) is 4.33. The lowest BCUT2D eigenvalue weighted by molar-refractivity contribution is 0.00306. The minimum Gasteiger partial charge on any atom is -0.368 e. The predicted molar refractivity (Wildman–Crippen MR) is 56.4 cm³/mol. The Bertz CT molecular complexity index is 336. The van der Waals surface area contributed by atoms with E-state index in [0.717, 1.165) is 0 Å². The van der Waals surface area contributed by atoms with Gasteiger partial charge in [-0.25, -0.2) is 4.39 Å². The molecule has 0 N–H and O–H groups in total. The van der Waals surface area contributed by atoms with E-state index >= 15 is 0 Å². The van der Waals surface area contributed by atoms with Crippen LogP contribution in [0.2, 0.25) is 0 Å². The van der Waals surface area contributed by atoms with Gasteiger partial charge in [-0.3, -0.25) is 4.79 Å². The van der Waals surface area contributed by atoms with E-state index < -0.39 is 0 Å². The first kappa shape index (κ1) is 11.9. The third-order valence-corrected chi connectivity index (χ3v) is 1.80. The molecule has 82 valence electrons. The Morgan fingerprint density at radius 3 is 2.27 bits per heavy atom. The van der Waals surface area contributed by atoms with Crippen LogP contribution in [-0.2, 0) is 4.74 Å². The van der Waals surface area contributed by atoms with Gasteiger partial charge in [-0.1, -0.05) is 0 Å². The Morgan fingerprint density at radius 1 is 1.27 bits per heavy atom. The zero-order valence-corrected chi connectivity index (χ0v) is 9.21. The van der Waals surface area contributed by atoms with Crippen molar-refractivity contribution in [1.82, 2.24) is 0 Å². The molecule has 0 saturated carbocycles. The quantitative estimate of drug-likeness (QED) is 0.717. The molecular formula is C12H15FO2. The molecule has 0 saturated heterocycles. The summed E-state index contributed by atoms with van der Waals surface area (Å²) in [5.41, 5.74) is 0.135. The molecular weight excluding hydrogens is 195 g/mol. The molecule has 15 heavy (non-hydrogen) atoms. The minimum atomic E-state index is -0.344. The van der Waals surface area contributed by atoms with Crippen LogP contribution >= 0.6 is 0 Å². The van der Waals surface area contributed by atoms with Crippen molar-refractivity contribution in [2.45, 2.75) is 26.4 Å². The molecule has 0 fully saturated rings. The first-order valence-electron chi connectivity index (χ1n) is 4.81. The van der Waals surface area contributed by atoms with E-state index in [4.69, 9.17) is 4.74 Å². The van der Waals surface area contributed by atoms with Crippen molar-refractivity contribution in [2.24, 2.45) is 0 Å². The molecule has 0 spiro atoms. The summed E-state index contributed by atoms with van der Waals surface area (Å²) in [7, 11) is 0. The average molecular weight is 210 g/mol. The Kier molecular flexibility index (Phi) is 3.58. The topological polar surface area (TPSA) is 26.3 Å². The zero-order valence-electron chi connectivity index (χ0n) is 9.21. The highest BCUT2D eigenvalue weighted by Crippen LogP contribution is 2.09. The first-order valence-corrected chi connectivity index (χ1v) is 4.81. The van der Waals surface area contributed by atoms with Crippen LogP contribution in [0.4, 0.5) is 4.39 Å². The maximum absolute atomic E-state index is 12.6. The lowest BCUT2D eigenvalue weighted by Crippen LogP contribution is -2.23. The zero-order chi connectivity index (χ0) is 11.5. The summed E-state index contributed by atoms with van der Waals surface area (Å²) in [5, 5.41) is 0. The number of carbonyl (C=O) groups is 1. The van der Waals surface area contributed by atoms with Crippen LogP contribution in [0.1, 0.15) is 31.1 Å². The second kappa shape index (κ2) is 4.53. The van der Waals surface area contributed by atoms with Crippen LogP contribution in [0, 0.1) is 5.82 Å². The average Bonchev–Trinajstić information content (AvgIpc) is 2.14. The number of hydrogen-bond acceptors (Lipinski definition) is 2. The van der Waals surface area contributed by atoms with Crippen LogP contribution in [0.5, 0.6) is 0 Å². The van der Waals surface area contributed by atoms with Gasteiger partial charge in [0.05, 0.1) is 5.60 Å². The summed E-state index contributed by atoms with van der Waals surface area (Å²) < 4.78 is 17.9. The second-order valence-electron chi connectivity index (χ2n) is 4.33. The molecule has 0 aliphatic heterocycles. The number of ether oxygens (including phenoxy) is 1. The number of carbonyl (C=O) groups excluding carboxylic acids is 1. The molecule has 0 aliphatic carbocycles. The van der Waals surface area contributed by atoms with E-state index in [2.05, 4.69) is 0 Å². The van der Waals surface area contributed by atoms with Crippen molar-refractivity contribution in [2.75, 3.05) is 6.61 Å². The molecule has 0 aliphatic rings. The number of halogens is 1. The van der Waals surface area contributed by atoms with Gasteiger partial charge in [0.2, 0.25) is 0 Å². The molecule has 1 aromatic rings. The van der Waals surface area contributed by atoms with Gasteiger partial charge in [0.25, 0.3) is 0 Å². The highest BCUT2D eigenvalue weighted by Gasteiger charge is 2.13. The van der Waals surface area contributed by atoms with Crippen LogP contribution in [-0.4, -0.2) is 18.0 Å². The maximum Gasteiger partial charge on any atom is 0.188 e. The van der Waals surface area contributed by atoms with Crippen molar-refractivity contribution < 1.29 is 13.9 Å². The molecule has 1 aromatic carbocycles. The maximum atomic E-state index is 12.6. The Morgan fingerprint density at radius 2 is 1.80 bits per heavy atom. The third kappa shape index (κ3) is 4.21. The number of ketones is 1. The molecule has 0 radical (unpaired) electrons. The van der Waals surface area contributed by atoms with Crippen LogP contribution in [0.25, 0.3) is 0 Å². The van der Waals surface area contributed by atoms with Gasteiger partial charge in [-0.2, -0.15) is 0 Å². The molecule has 0 bridgehead atoms. The lowest BCUT2D eigenvalue weighted by Gasteiger charge is -2.18. The number of Topliss-reactive ketones (excluding diaryl/α,β-unsaturated/α-hetero) is 1. The highest BCUT2D eigenvalue weighted by atomic mass is 19.1. The number of rotatable bonds is 3. The van der Waals surface area contributed by atoms with Gasteiger partial charge >= 0.3 is 0 Å². The van der Waals surface area contributed by atoms with E-state index in [1.54, 1.807) is 0 Å². The summed E-state index contributed by atoms with van der Waals surface area (Å²) in [4.78, 5) is 11.6. The van der Waals surface area contributed by atoms with Crippen molar-refractivity contribution in [1.29, 1.82) is 0 Å². The van der Waals surface area contributed by atoms with Gasteiger partial charge in [0, 0.05) is 5.56 Å². The van der Waals surface area contributed by atoms with E-state index in [0.29, 0.717) is 5.56 Å². The van der Waals surface area contributed by atoms with Crippen molar-refractivity contribution >= 4 is 5.78 Å². The summed E-state index contributed by atoms with van der Waals surface area (Å²) >= 11 is 0. The molecule has 3 heteroatoms.